The topological polar surface area (TPSA) is 37.3 Å². The lowest BCUT2D eigenvalue weighted by Crippen LogP contribution is -2.26. The largest absolute Gasteiger partial charge is 0.478 e. The predicted molar refractivity (Wildman–Crippen MR) is 62.2 cm³/mol. The normalized spacial score (nSPS) is 12.9. The summed E-state index contributed by atoms with van der Waals surface area (Å²) in [6.45, 7) is 7.34. The second-order valence-electron chi connectivity index (χ2n) is 3.29. The molecule has 78 valence electrons. The van der Waals surface area contributed by atoms with Crippen LogP contribution in [0.1, 0.15) is 22.8 Å². The number of benzene rings is 1. The Morgan fingerprint density at radius 3 is 2.53 bits per heavy atom. The molecule has 15 heavy (non-hydrogen) atoms. The van der Waals surface area contributed by atoms with Crippen LogP contribution in [0.2, 0.25) is 0 Å². The number of hydrogen-bond donors (Lipinski definition) is 1. The number of aromatic carboxylic acids is 1. The molecule has 2 heteroatoms. The first-order valence-electron chi connectivity index (χ1n) is 4.73. The molecule has 0 unspecified atom stereocenters. The molecule has 0 aliphatic heterocycles. The van der Waals surface area contributed by atoms with Gasteiger partial charge in [-0.05, 0) is 35.9 Å². The van der Waals surface area contributed by atoms with E-state index in [1.165, 1.54) is 0 Å². The third-order valence-electron chi connectivity index (χ3n) is 2.27. The first kappa shape index (κ1) is 11.2. The van der Waals surface area contributed by atoms with Gasteiger partial charge in [-0.15, -0.1) is 0 Å². The summed E-state index contributed by atoms with van der Waals surface area (Å²) in [4.78, 5) is 10.9. The fourth-order valence-corrected chi connectivity index (χ4v) is 1.50. The number of carboxylic acids is 1. The fourth-order valence-electron chi connectivity index (χ4n) is 1.50. The van der Waals surface area contributed by atoms with Crippen molar-refractivity contribution in [1.82, 2.24) is 0 Å². The van der Waals surface area contributed by atoms with Crippen molar-refractivity contribution in [3.63, 3.8) is 0 Å². The average molecular weight is 202 g/mol. The van der Waals surface area contributed by atoms with E-state index in [2.05, 4.69) is 6.58 Å². The third-order valence-corrected chi connectivity index (χ3v) is 2.27. The zero-order chi connectivity index (χ0) is 11.4. The smallest absolute Gasteiger partial charge is 0.335 e. The molecule has 0 heterocycles. The summed E-state index contributed by atoms with van der Waals surface area (Å²) in [5.41, 5.74) is 1.12. The van der Waals surface area contributed by atoms with Gasteiger partial charge >= 0.3 is 5.97 Å². The van der Waals surface area contributed by atoms with Gasteiger partial charge in [0, 0.05) is 0 Å². The Morgan fingerprint density at radius 1 is 1.40 bits per heavy atom. The zero-order valence-corrected chi connectivity index (χ0v) is 8.95. The highest BCUT2D eigenvalue weighted by Crippen LogP contribution is 2.01. The Labute approximate surface area is 88.9 Å². The fraction of sp³-hybridized carbons (Fsp3) is 0.154. The van der Waals surface area contributed by atoms with E-state index in [1.807, 2.05) is 19.1 Å². The van der Waals surface area contributed by atoms with Gasteiger partial charge in [0.2, 0.25) is 0 Å². The van der Waals surface area contributed by atoms with Crippen LogP contribution in [0.4, 0.5) is 0 Å². The zero-order valence-electron chi connectivity index (χ0n) is 8.95. The summed E-state index contributed by atoms with van der Waals surface area (Å²) in [6.07, 6.45) is 5.42. The van der Waals surface area contributed by atoms with Gasteiger partial charge in [0.15, 0.2) is 0 Å². The molecule has 0 aromatic heterocycles. The van der Waals surface area contributed by atoms with E-state index in [4.69, 9.17) is 5.11 Å². The van der Waals surface area contributed by atoms with Crippen LogP contribution in [0.3, 0.4) is 0 Å². The number of rotatable bonds is 2. The summed E-state index contributed by atoms with van der Waals surface area (Å²) in [7, 11) is 0. The van der Waals surface area contributed by atoms with Gasteiger partial charge in [-0.1, -0.05) is 30.9 Å². The van der Waals surface area contributed by atoms with Crippen LogP contribution in [0.25, 0.3) is 12.2 Å². The van der Waals surface area contributed by atoms with Gasteiger partial charge in [0.1, 0.15) is 0 Å². The van der Waals surface area contributed by atoms with Crippen LogP contribution in [0.5, 0.6) is 0 Å². The molecule has 1 aromatic rings. The molecule has 1 rings (SSSR count). The SMILES string of the molecule is C=C/C=c1/cc(C(=O)O)c(C)c/c1=C/C. The molecular formula is C13H14O2. The molecule has 0 bridgehead atoms. The molecule has 0 atom stereocenters. The van der Waals surface area contributed by atoms with E-state index in [0.29, 0.717) is 5.56 Å². The van der Waals surface area contributed by atoms with Crippen LogP contribution >= 0.6 is 0 Å². The summed E-state index contributed by atoms with van der Waals surface area (Å²) >= 11 is 0. The van der Waals surface area contributed by atoms with Crippen LogP contribution in [0, 0.1) is 6.92 Å². The highest BCUT2D eigenvalue weighted by molar-refractivity contribution is 5.89. The number of aryl methyl sites for hydroxylation is 1. The Bertz CT molecular complexity index is 510. The van der Waals surface area contributed by atoms with Gasteiger partial charge in [0.05, 0.1) is 5.56 Å². The minimum atomic E-state index is -0.895. The van der Waals surface area contributed by atoms with Crippen molar-refractivity contribution in [3.05, 3.63) is 46.4 Å². The molecule has 1 N–H and O–H groups in total. The van der Waals surface area contributed by atoms with Crippen molar-refractivity contribution >= 4 is 18.1 Å². The number of allylic oxidation sites excluding steroid dienone is 1. The first-order chi connectivity index (χ1) is 7.10. The summed E-state index contributed by atoms with van der Waals surface area (Å²) in [5.74, 6) is -0.895. The quantitative estimate of drug-likeness (QED) is 0.788. The van der Waals surface area contributed by atoms with Crippen LogP contribution in [0.15, 0.2) is 24.8 Å². The predicted octanol–water partition coefficient (Wildman–Crippen LogP) is 1.46. The summed E-state index contributed by atoms with van der Waals surface area (Å²) in [6, 6.07) is 3.55. The molecule has 0 aliphatic carbocycles. The molecule has 0 saturated heterocycles. The van der Waals surface area contributed by atoms with E-state index in [0.717, 1.165) is 16.0 Å². The van der Waals surface area contributed by atoms with Crippen molar-refractivity contribution in [3.8, 4) is 0 Å². The molecule has 0 aliphatic rings. The third kappa shape index (κ3) is 2.34. The average Bonchev–Trinajstić information content (AvgIpc) is 2.20. The standard InChI is InChI=1S/C13H14O2/c1-4-6-11-8-12(13(14)15)9(3)7-10(11)5-2/h4-8H,1H2,2-3H3,(H,14,15)/b10-5-,11-6-. The van der Waals surface area contributed by atoms with Gasteiger partial charge < -0.3 is 5.11 Å². The number of carboxylic acid groups (broad SMARTS) is 1. The van der Waals surface area contributed by atoms with Crippen LogP contribution in [-0.2, 0) is 0 Å². The molecule has 0 saturated carbocycles. The minimum absolute atomic E-state index is 0.341. The second kappa shape index (κ2) is 4.60. The van der Waals surface area contributed by atoms with Crippen LogP contribution in [-0.4, -0.2) is 11.1 Å². The molecular weight excluding hydrogens is 188 g/mol. The molecule has 0 amide bonds. The van der Waals surface area contributed by atoms with Gasteiger partial charge in [-0.2, -0.15) is 0 Å². The van der Waals surface area contributed by atoms with Gasteiger partial charge in [-0.3, -0.25) is 0 Å². The van der Waals surface area contributed by atoms with E-state index in [9.17, 15) is 4.79 Å². The molecule has 0 fully saturated rings. The highest BCUT2D eigenvalue weighted by atomic mass is 16.4. The maximum atomic E-state index is 10.9. The number of hydrogen-bond acceptors (Lipinski definition) is 1. The van der Waals surface area contributed by atoms with Crippen molar-refractivity contribution < 1.29 is 9.90 Å². The second-order valence-corrected chi connectivity index (χ2v) is 3.29. The molecule has 0 radical (unpaired) electrons. The lowest BCUT2D eigenvalue weighted by Gasteiger charge is -2.00. The monoisotopic (exact) mass is 202 g/mol. The van der Waals surface area contributed by atoms with Crippen molar-refractivity contribution in [1.29, 1.82) is 0 Å². The first-order valence-corrected chi connectivity index (χ1v) is 4.73. The van der Waals surface area contributed by atoms with Crippen molar-refractivity contribution in [2.75, 3.05) is 0 Å². The maximum Gasteiger partial charge on any atom is 0.335 e. The molecule has 2 nitrogen and oxygen atoms in total. The molecule has 0 spiro atoms. The van der Waals surface area contributed by atoms with Gasteiger partial charge in [0.25, 0.3) is 0 Å². The Morgan fingerprint density at radius 2 is 2.07 bits per heavy atom. The minimum Gasteiger partial charge on any atom is -0.478 e. The maximum absolute atomic E-state index is 10.9. The van der Waals surface area contributed by atoms with E-state index in [1.54, 1.807) is 25.1 Å². The molecule has 1 aromatic carbocycles. The van der Waals surface area contributed by atoms with E-state index in [-0.39, 0.29) is 0 Å². The van der Waals surface area contributed by atoms with E-state index < -0.39 is 5.97 Å². The Balaban J connectivity index is 3.67. The Kier molecular flexibility index (Phi) is 3.45. The Hall–Kier alpha value is -1.83. The highest BCUT2D eigenvalue weighted by Gasteiger charge is 2.05. The summed E-state index contributed by atoms with van der Waals surface area (Å²) in [5, 5.41) is 10.9. The number of carbonyl (C=O) groups is 1. The van der Waals surface area contributed by atoms with E-state index >= 15 is 0 Å². The van der Waals surface area contributed by atoms with Crippen molar-refractivity contribution in [2.24, 2.45) is 0 Å². The van der Waals surface area contributed by atoms with Crippen molar-refractivity contribution in [2.45, 2.75) is 13.8 Å². The lowest BCUT2D eigenvalue weighted by molar-refractivity contribution is 0.0696. The van der Waals surface area contributed by atoms with Gasteiger partial charge in [-0.25, -0.2) is 4.79 Å². The summed E-state index contributed by atoms with van der Waals surface area (Å²) < 4.78 is 0. The lowest BCUT2D eigenvalue weighted by atomic mass is 10.1. The van der Waals surface area contributed by atoms with Crippen LogP contribution < -0.4 is 10.4 Å².